The SMILES string of the molecule is CC1(O)CN(C2CCC3=CC4=CC[C@]5(C)[C@@H](c6ccc7ccncc7c6)CC[C@H]5C45CC[C@]3(C2)O5)C1. The van der Waals surface area contributed by atoms with Crippen LogP contribution in [-0.2, 0) is 4.74 Å². The molecule has 2 saturated heterocycles. The van der Waals surface area contributed by atoms with E-state index in [1.54, 1.807) is 5.57 Å². The largest absolute Gasteiger partial charge is 0.388 e. The second-order valence-corrected chi connectivity index (χ2v) is 13.5. The molecule has 1 aromatic heterocycles. The fourth-order valence-corrected chi connectivity index (χ4v) is 9.65. The van der Waals surface area contributed by atoms with Crippen molar-refractivity contribution in [1.29, 1.82) is 0 Å². The van der Waals surface area contributed by atoms with Crippen LogP contribution in [0.15, 0.2) is 60.0 Å². The van der Waals surface area contributed by atoms with Crippen molar-refractivity contribution in [2.75, 3.05) is 13.1 Å². The van der Waals surface area contributed by atoms with E-state index in [9.17, 15) is 5.11 Å². The van der Waals surface area contributed by atoms with Gasteiger partial charge in [0.15, 0.2) is 0 Å². The molecule has 4 heterocycles. The monoisotopic (exact) mass is 482 g/mol. The molecule has 4 heteroatoms. The Morgan fingerprint density at radius 3 is 2.81 bits per heavy atom. The second-order valence-electron chi connectivity index (χ2n) is 13.5. The lowest BCUT2D eigenvalue weighted by Gasteiger charge is -2.56. The van der Waals surface area contributed by atoms with E-state index < -0.39 is 5.60 Å². The van der Waals surface area contributed by atoms with Crippen LogP contribution >= 0.6 is 0 Å². The molecule has 0 radical (unpaired) electrons. The summed E-state index contributed by atoms with van der Waals surface area (Å²) in [6.45, 7) is 6.16. The van der Waals surface area contributed by atoms with E-state index in [0.717, 1.165) is 45.2 Å². The van der Waals surface area contributed by atoms with Gasteiger partial charge in [0.2, 0.25) is 0 Å². The minimum Gasteiger partial charge on any atom is -0.388 e. The molecule has 1 N–H and O–H groups in total. The van der Waals surface area contributed by atoms with Crippen molar-refractivity contribution in [2.24, 2.45) is 11.3 Å². The van der Waals surface area contributed by atoms with Crippen molar-refractivity contribution in [3.05, 3.63) is 65.5 Å². The summed E-state index contributed by atoms with van der Waals surface area (Å²) in [5.41, 5.74) is 4.08. The molecule has 2 saturated carbocycles. The van der Waals surface area contributed by atoms with Gasteiger partial charge in [-0.1, -0.05) is 31.2 Å². The Labute approximate surface area is 214 Å². The molecule has 4 fully saturated rings. The number of fused-ring (bicyclic) bond motifs is 2. The van der Waals surface area contributed by atoms with Gasteiger partial charge < -0.3 is 9.84 Å². The van der Waals surface area contributed by atoms with E-state index in [2.05, 4.69) is 53.2 Å². The molecule has 2 bridgehead atoms. The number of nitrogens with zero attached hydrogens (tertiary/aromatic N) is 2. The van der Waals surface area contributed by atoms with Crippen LogP contribution in [0, 0.1) is 11.3 Å². The van der Waals surface area contributed by atoms with Crippen LogP contribution in [0.5, 0.6) is 0 Å². The van der Waals surface area contributed by atoms with Crippen LogP contribution in [0.3, 0.4) is 0 Å². The van der Waals surface area contributed by atoms with Gasteiger partial charge >= 0.3 is 0 Å². The van der Waals surface area contributed by atoms with Crippen molar-refractivity contribution < 1.29 is 9.84 Å². The van der Waals surface area contributed by atoms with E-state index in [4.69, 9.17) is 4.74 Å². The van der Waals surface area contributed by atoms with Crippen LogP contribution < -0.4 is 0 Å². The van der Waals surface area contributed by atoms with E-state index >= 15 is 0 Å². The standard InChI is InChI=1S/C32H38N2O2/c1-29(35)19-34(20-29)26-6-5-24-16-25-9-11-30(2)27(22-4-3-21-10-14-33-18-23(21)15-22)7-8-28(30)32(25)13-12-31(24,17-26)36-32/h3-4,9-10,14-16,18,26-28,35H,5-8,11-13,17,19-20H2,1-2H3/t26?,27-,28-,30-,31-,32?/m1/s1. The molecule has 6 atom stereocenters. The summed E-state index contributed by atoms with van der Waals surface area (Å²) < 4.78 is 7.48. The molecule has 2 aromatic rings. The smallest absolute Gasteiger partial charge is 0.0974 e. The zero-order chi connectivity index (χ0) is 24.3. The lowest BCUT2D eigenvalue weighted by Crippen LogP contribution is -2.65. The molecule has 1 aromatic carbocycles. The maximum atomic E-state index is 10.3. The second kappa shape index (κ2) is 7.09. The van der Waals surface area contributed by atoms with Gasteiger partial charge in [0.1, 0.15) is 0 Å². The third kappa shape index (κ3) is 2.84. The van der Waals surface area contributed by atoms with Crippen molar-refractivity contribution >= 4 is 10.8 Å². The number of likely N-dealkylation sites (tertiary alicyclic amines) is 1. The number of aromatic nitrogens is 1. The van der Waals surface area contributed by atoms with Crippen LogP contribution in [0.1, 0.15) is 76.7 Å². The van der Waals surface area contributed by atoms with Crippen molar-refractivity contribution in [3.63, 3.8) is 0 Å². The number of rotatable bonds is 2. The lowest BCUT2D eigenvalue weighted by molar-refractivity contribution is -0.157. The average Bonchev–Trinajstić information content (AvgIpc) is 3.37. The number of allylic oxidation sites excluding steroid dienone is 1. The third-order valence-electron chi connectivity index (χ3n) is 11.3. The number of benzene rings is 1. The summed E-state index contributed by atoms with van der Waals surface area (Å²) >= 11 is 0. The summed E-state index contributed by atoms with van der Waals surface area (Å²) in [7, 11) is 0. The fraction of sp³-hybridized carbons (Fsp3) is 0.594. The molecule has 0 amide bonds. The molecule has 3 aliphatic carbocycles. The Kier molecular flexibility index (Phi) is 4.34. The minimum absolute atomic E-state index is 0.0767. The molecule has 4 nitrogen and oxygen atoms in total. The zero-order valence-corrected chi connectivity index (χ0v) is 21.7. The van der Waals surface area contributed by atoms with Crippen LogP contribution in [-0.4, -0.2) is 50.9 Å². The fourth-order valence-electron chi connectivity index (χ4n) is 9.65. The number of pyridine rings is 1. The molecule has 8 rings (SSSR count). The topological polar surface area (TPSA) is 45.6 Å². The maximum absolute atomic E-state index is 10.3. The summed E-state index contributed by atoms with van der Waals surface area (Å²) in [6, 6.07) is 9.73. The number of hydrogen-bond donors (Lipinski definition) is 1. The molecule has 36 heavy (non-hydrogen) atoms. The van der Waals surface area contributed by atoms with Gasteiger partial charge in [0.25, 0.3) is 0 Å². The third-order valence-corrected chi connectivity index (χ3v) is 11.3. The molecule has 6 aliphatic rings. The summed E-state index contributed by atoms with van der Waals surface area (Å²) in [4.78, 5) is 6.89. The van der Waals surface area contributed by atoms with Crippen molar-refractivity contribution in [3.8, 4) is 0 Å². The molecule has 2 spiro atoms. The van der Waals surface area contributed by atoms with Crippen molar-refractivity contribution in [1.82, 2.24) is 9.88 Å². The quantitative estimate of drug-likeness (QED) is 0.578. The summed E-state index contributed by atoms with van der Waals surface area (Å²) in [5, 5.41) is 12.9. The van der Waals surface area contributed by atoms with Crippen LogP contribution in [0.4, 0.5) is 0 Å². The van der Waals surface area contributed by atoms with E-state index in [-0.39, 0.29) is 16.6 Å². The molecular formula is C32H38N2O2. The lowest BCUT2D eigenvalue weighted by atomic mass is 9.58. The first-order valence-electron chi connectivity index (χ1n) is 14.2. The first kappa shape index (κ1) is 22.0. The highest BCUT2D eigenvalue weighted by Crippen LogP contribution is 2.69. The Morgan fingerprint density at radius 1 is 1.06 bits per heavy atom. The minimum atomic E-state index is -0.503. The van der Waals surface area contributed by atoms with Gasteiger partial charge in [-0.25, -0.2) is 0 Å². The maximum Gasteiger partial charge on any atom is 0.0974 e. The van der Waals surface area contributed by atoms with E-state index in [1.165, 1.54) is 41.2 Å². The summed E-state index contributed by atoms with van der Waals surface area (Å²) in [5.74, 6) is 1.13. The number of ether oxygens (including phenoxy) is 1. The van der Waals surface area contributed by atoms with Gasteiger partial charge in [0.05, 0.1) is 16.8 Å². The van der Waals surface area contributed by atoms with Gasteiger partial charge in [-0.15, -0.1) is 0 Å². The van der Waals surface area contributed by atoms with E-state index in [1.807, 2.05) is 19.3 Å². The first-order valence-corrected chi connectivity index (χ1v) is 14.2. The highest BCUT2D eigenvalue weighted by atomic mass is 16.5. The van der Waals surface area contributed by atoms with Crippen LogP contribution in [0.25, 0.3) is 10.8 Å². The highest BCUT2D eigenvalue weighted by molar-refractivity contribution is 5.82. The van der Waals surface area contributed by atoms with Gasteiger partial charge in [0, 0.05) is 36.9 Å². The summed E-state index contributed by atoms with van der Waals surface area (Å²) in [6.07, 6.45) is 18.5. The average molecular weight is 483 g/mol. The highest BCUT2D eigenvalue weighted by Gasteiger charge is 2.66. The molecule has 2 unspecified atom stereocenters. The van der Waals surface area contributed by atoms with E-state index in [0.29, 0.717) is 17.9 Å². The molecule has 3 aliphatic heterocycles. The Bertz CT molecular complexity index is 1320. The molecule has 188 valence electrons. The number of β-amino-alcohol motifs (C(OH)–C–C–N with tert-alkyl or cyclic N) is 1. The number of hydrogen-bond acceptors (Lipinski definition) is 4. The van der Waals surface area contributed by atoms with Gasteiger partial charge in [-0.2, -0.15) is 0 Å². The Morgan fingerprint density at radius 2 is 1.94 bits per heavy atom. The zero-order valence-electron chi connectivity index (χ0n) is 21.7. The predicted octanol–water partition coefficient (Wildman–Crippen LogP) is 5.91. The first-order chi connectivity index (χ1) is 17.3. The predicted molar refractivity (Wildman–Crippen MR) is 142 cm³/mol. The Balaban J connectivity index is 1.13. The normalized spacial score (nSPS) is 42.7. The van der Waals surface area contributed by atoms with Gasteiger partial charge in [-0.05, 0) is 110 Å². The number of aliphatic hydroxyl groups is 1. The molecular weight excluding hydrogens is 444 g/mol. The van der Waals surface area contributed by atoms with Gasteiger partial charge in [-0.3, -0.25) is 9.88 Å². The van der Waals surface area contributed by atoms with Crippen LogP contribution in [0.2, 0.25) is 0 Å². The van der Waals surface area contributed by atoms with Crippen molar-refractivity contribution in [2.45, 2.75) is 94.0 Å². The Hall–Kier alpha value is -2.01.